The average molecular weight is 399 g/mol. The molecule has 2 N–H and O–H groups in total. The van der Waals surface area contributed by atoms with Gasteiger partial charge in [0.05, 0.1) is 18.4 Å². The van der Waals surface area contributed by atoms with E-state index < -0.39 is 0 Å². The Morgan fingerprint density at radius 3 is 2.48 bits per heavy atom. The molecule has 1 amide bonds. The van der Waals surface area contributed by atoms with E-state index in [9.17, 15) is 4.79 Å². The summed E-state index contributed by atoms with van der Waals surface area (Å²) in [5, 5.41) is 0. The predicted molar refractivity (Wildman–Crippen MR) is 113 cm³/mol. The molecule has 0 atom stereocenters. The fourth-order valence-electron chi connectivity index (χ4n) is 3.90. The number of carbonyl (C=O) groups is 1. The zero-order valence-corrected chi connectivity index (χ0v) is 16.8. The third kappa shape index (κ3) is 4.63. The van der Waals surface area contributed by atoms with Crippen molar-refractivity contribution in [2.75, 3.05) is 58.0 Å². The summed E-state index contributed by atoms with van der Waals surface area (Å²) >= 11 is 0. The monoisotopic (exact) mass is 399 g/mol. The molecule has 0 unspecified atom stereocenters. The number of hydrogen-bond donors (Lipinski definition) is 0. The van der Waals surface area contributed by atoms with E-state index in [-0.39, 0.29) is 11.4 Å². The molecule has 1 fully saturated rings. The first-order chi connectivity index (χ1) is 13.8. The molecule has 29 heavy (non-hydrogen) atoms. The molecule has 156 valence electrons. The third-order valence-corrected chi connectivity index (χ3v) is 5.48. The molecule has 2 aliphatic rings. The summed E-state index contributed by atoms with van der Waals surface area (Å²) in [4.78, 5) is 19.2. The molecule has 7 nitrogen and oxygen atoms in total. The lowest BCUT2D eigenvalue weighted by Gasteiger charge is -2.37. The highest BCUT2D eigenvalue weighted by Gasteiger charge is 2.25. The minimum absolute atomic E-state index is 0. The third-order valence-electron chi connectivity index (χ3n) is 5.48. The molecule has 4 rings (SSSR count). The number of fused-ring (bicyclic) bond motifs is 1. The Bertz CT molecular complexity index is 821. The lowest BCUT2D eigenvalue weighted by molar-refractivity contribution is 0.0509. The van der Waals surface area contributed by atoms with Crippen molar-refractivity contribution in [3.63, 3.8) is 0 Å². The van der Waals surface area contributed by atoms with Crippen LogP contribution in [0.4, 0.5) is 5.69 Å². The van der Waals surface area contributed by atoms with Gasteiger partial charge >= 0.3 is 0 Å². The van der Waals surface area contributed by atoms with Gasteiger partial charge in [-0.15, -0.1) is 0 Å². The molecule has 2 aliphatic heterocycles. The minimum Gasteiger partial charge on any atom is -0.495 e. The Balaban J connectivity index is 0.00000240. The first-order valence-corrected chi connectivity index (χ1v) is 9.87. The molecule has 0 radical (unpaired) electrons. The maximum Gasteiger partial charge on any atom is 0.260 e. The summed E-state index contributed by atoms with van der Waals surface area (Å²) < 4.78 is 11.2. The van der Waals surface area contributed by atoms with E-state index in [1.165, 1.54) is 5.69 Å². The first-order valence-electron chi connectivity index (χ1n) is 9.87. The zero-order chi connectivity index (χ0) is 19.3. The SMILES string of the molecule is COc1ccccc1N1CCN(CCCN2COc3ccccc3C2=O)CC1.O. The fourth-order valence-corrected chi connectivity index (χ4v) is 3.90. The van der Waals surface area contributed by atoms with Crippen molar-refractivity contribution >= 4 is 11.6 Å². The Labute approximate surface area is 171 Å². The highest BCUT2D eigenvalue weighted by Crippen LogP contribution is 2.28. The average Bonchev–Trinajstić information content (AvgIpc) is 2.76. The van der Waals surface area contributed by atoms with Crippen LogP contribution in [0.1, 0.15) is 16.8 Å². The summed E-state index contributed by atoms with van der Waals surface area (Å²) in [6.45, 7) is 6.07. The number of para-hydroxylation sites is 3. The van der Waals surface area contributed by atoms with Crippen molar-refractivity contribution < 1.29 is 19.7 Å². The van der Waals surface area contributed by atoms with Gasteiger partial charge in [-0.3, -0.25) is 9.69 Å². The van der Waals surface area contributed by atoms with Crippen molar-refractivity contribution in [1.29, 1.82) is 0 Å². The summed E-state index contributed by atoms with van der Waals surface area (Å²) in [5.74, 6) is 1.69. The van der Waals surface area contributed by atoms with E-state index in [0.29, 0.717) is 18.0 Å². The molecule has 1 saturated heterocycles. The molecular formula is C22H29N3O4. The maximum atomic E-state index is 12.6. The number of hydrogen-bond acceptors (Lipinski definition) is 5. The van der Waals surface area contributed by atoms with Gasteiger partial charge in [-0.05, 0) is 37.2 Å². The second-order valence-electron chi connectivity index (χ2n) is 7.19. The second-order valence-corrected chi connectivity index (χ2v) is 7.19. The van der Waals surface area contributed by atoms with E-state index >= 15 is 0 Å². The van der Waals surface area contributed by atoms with Crippen LogP contribution in [0.2, 0.25) is 0 Å². The fraction of sp³-hybridized carbons (Fsp3) is 0.409. The Morgan fingerprint density at radius 1 is 0.966 bits per heavy atom. The molecule has 2 aromatic carbocycles. The molecule has 7 heteroatoms. The summed E-state index contributed by atoms with van der Waals surface area (Å²) in [7, 11) is 1.72. The van der Waals surface area contributed by atoms with Crippen LogP contribution in [0.5, 0.6) is 11.5 Å². The van der Waals surface area contributed by atoms with Crippen molar-refractivity contribution in [3.05, 3.63) is 54.1 Å². The van der Waals surface area contributed by atoms with Crippen LogP contribution in [0.3, 0.4) is 0 Å². The zero-order valence-electron chi connectivity index (χ0n) is 16.8. The van der Waals surface area contributed by atoms with Crippen molar-refractivity contribution in [1.82, 2.24) is 9.80 Å². The van der Waals surface area contributed by atoms with Crippen LogP contribution in [-0.4, -0.2) is 74.3 Å². The number of nitrogens with zero attached hydrogens (tertiary/aromatic N) is 3. The standard InChI is InChI=1S/C22H27N3O3.H2O/c1-27-21-10-5-3-8-19(21)24-15-13-23(14-16-24)11-6-12-25-17-28-20-9-4-2-7-18(20)22(25)26;/h2-5,7-10H,6,11-17H2,1H3;1H2. The number of amides is 1. The van der Waals surface area contributed by atoms with Gasteiger partial charge in [-0.1, -0.05) is 24.3 Å². The van der Waals surface area contributed by atoms with Gasteiger partial charge in [0.15, 0.2) is 6.73 Å². The largest absolute Gasteiger partial charge is 0.495 e. The van der Waals surface area contributed by atoms with Gasteiger partial charge in [-0.25, -0.2) is 0 Å². The van der Waals surface area contributed by atoms with E-state index in [1.807, 2.05) is 36.4 Å². The van der Waals surface area contributed by atoms with Crippen LogP contribution >= 0.6 is 0 Å². The number of rotatable bonds is 6. The highest BCUT2D eigenvalue weighted by molar-refractivity contribution is 5.97. The van der Waals surface area contributed by atoms with E-state index in [0.717, 1.165) is 51.4 Å². The van der Waals surface area contributed by atoms with Gasteiger partial charge in [0.25, 0.3) is 5.91 Å². The molecule has 0 aliphatic carbocycles. The van der Waals surface area contributed by atoms with Crippen LogP contribution in [0.25, 0.3) is 0 Å². The number of anilines is 1. The van der Waals surface area contributed by atoms with Gasteiger partial charge in [-0.2, -0.15) is 0 Å². The number of ether oxygens (including phenoxy) is 2. The van der Waals surface area contributed by atoms with Crippen molar-refractivity contribution in [2.24, 2.45) is 0 Å². The van der Waals surface area contributed by atoms with Crippen LogP contribution in [0.15, 0.2) is 48.5 Å². The molecule has 0 aromatic heterocycles. The van der Waals surface area contributed by atoms with Gasteiger partial charge < -0.3 is 24.7 Å². The summed E-state index contributed by atoms with van der Waals surface area (Å²) in [6, 6.07) is 15.7. The first kappa shape index (κ1) is 21.0. The van der Waals surface area contributed by atoms with Crippen molar-refractivity contribution in [2.45, 2.75) is 6.42 Å². The van der Waals surface area contributed by atoms with Gasteiger partial charge in [0.2, 0.25) is 0 Å². The lowest BCUT2D eigenvalue weighted by Crippen LogP contribution is -2.47. The van der Waals surface area contributed by atoms with E-state index in [1.54, 1.807) is 12.0 Å². The summed E-state index contributed by atoms with van der Waals surface area (Å²) in [5.41, 5.74) is 1.83. The van der Waals surface area contributed by atoms with E-state index in [2.05, 4.69) is 21.9 Å². The predicted octanol–water partition coefficient (Wildman–Crippen LogP) is 1.87. The molecule has 0 spiro atoms. The number of carbonyl (C=O) groups excluding carboxylic acids is 1. The molecule has 2 heterocycles. The molecule has 0 bridgehead atoms. The number of benzene rings is 2. The Hall–Kier alpha value is -2.77. The van der Waals surface area contributed by atoms with Crippen molar-refractivity contribution in [3.8, 4) is 11.5 Å². The van der Waals surface area contributed by atoms with Gasteiger partial charge in [0, 0.05) is 32.7 Å². The second kappa shape index (κ2) is 9.62. The smallest absolute Gasteiger partial charge is 0.260 e. The minimum atomic E-state index is 0. The van der Waals surface area contributed by atoms with Gasteiger partial charge in [0.1, 0.15) is 11.5 Å². The molecule has 2 aromatic rings. The topological polar surface area (TPSA) is 76.8 Å². The normalized spacial score (nSPS) is 16.7. The number of piperazine rings is 1. The van der Waals surface area contributed by atoms with Crippen LogP contribution < -0.4 is 14.4 Å². The Morgan fingerprint density at radius 2 is 1.69 bits per heavy atom. The number of methoxy groups -OCH3 is 1. The quantitative estimate of drug-likeness (QED) is 0.741. The molecule has 0 saturated carbocycles. The summed E-state index contributed by atoms with van der Waals surface area (Å²) in [6.07, 6.45) is 0.950. The van der Waals surface area contributed by atoms with Crippen LogP contribution in [0, 0.1) is 0 Å². The van der Waals surface area contributed by atoms with E-state index in [4.69, 9.17) is 9.47 Å². The Kier molecular flexibility index (Phi) is 6.95. The highest BCUT2D eigenvalue weighted by atomic mass is 16.5. The lowest BCUT2D eigenvalue weighted by atomic mass is 10.1. The maximum absolute atomic E-state index is 12.6. The molecular weight excluding hydrogens is 370 g/mol. The van der Waals surface area contributed by atoms with Crippen LogP contribution in [-0.2, 0) is 0 Å².